The van der Waals surface area contributed by atoms with Crippen LogP contribution in [0.1, 0.15) is 16.8 Å². The highest BCUT2D eigenvalue weighted by atomic mass is 16.5. The third-order valence-electron chi connectivity index (χ3n) is 5.63. The van der Waals surface area contributed by atoms with E-state index in [0.717, 1.165) is 22.6 Å². The minimum absolute atomic E-state index is 0.0247. The number of benzene rings is 2. The summed E-state index contributed by atoms with van der Waals surface area (Å²) in [5.74, 6) is 0.0321. The number of nitrogens with zero attached hydrogens (tertiary/aromatic N) is 3. The van der Waals surface area contributed by atoms with E-state index in [-0.39, 0.29) is 25.0 Å². The van der Waals surface area contributed by atoms with Gasteiger partial charge in [-0.1, -0.05) is 0 Å². The number of rotatable bonds is 6. The van der Waals surface area contributed by atoms with Crippen LogP contribution >= 0.6 is 0 Å². The van der Waals surface area contributed by atoms with E-state index in [0.29, 0.717) is 49.8 Å². The molecule has 2 amide bonds. The molecule has 1 aromatic heterocycles. The number of carbonyl (C=O) groups is 2. The van der Waals surface area contributed by atoms with Gasteiger partial charge in [-0.3, -0.25) is 14.9 Å². The van der Waals surface area contributed by atoms with Gasteiger partial charge in [0.1, 0.15) is 6.61 Å². The average molecular weight is 436 g/mol. The molecule has 166 valence electrons. The summed E-state index contributed by atoms with van der Waals surface area (Å²) >= 11 is 0. The van der Waals surface area contributed by atoms with Crippen molar-refractivity contribution in [2.24, 2.45) is 0 Å². The van der Waals surface area contributed by atoms with Crippen LogP contribution in [0.5, 0.6) is 0 Å². The third kappa shape index (κ3) is 3.74. The number of ether oxygens (including phenoxy) is 1. The lowest BCUT2D eigenvalue weighted by atomic mass is 10.1. The molecule has 4 N–H and O–H groups in total. The highest BCUT2D eigenvalue weighted by Crippen LogP contribution is 2.29. The number of imidazole rings is 1. The number of aryl methyl sites for hydroxylation is 1. The second-order valence-corrected chi connectivity index (χ2v) is 7.68. The molecule has 0 radical (unpaired) electrons. The average Bonchev–Trinajstić information content (AvgIpc) is 3.41. The normalized spacial score (nSPS) is 15.4. The van der Waals surface area contributed by atoms with Crippen molar-refractivity contribution < 1.29 is 19.4 Å². The zero-order valence-electron chi connectivity index (χ0n) is 17.4. The van der Waals surface area contributed by atoms with Crippen LogP contribution in [-0.2, 0) is 16.1 Å². The Balaban J connectivity index is 1.46. The molecule has 1 saturated heterocycles. The molecule has 3 heterocycles. The Morgan fingerprint density at radius 1 is 1.19 bits per heavy atom. The van der Waals surface area contributed by atoms with Crippen molar-refractivity contribution in [1.82, 2.24) is 9.55 Å². The maximum Gasteiger partial charge on any atom is 0.258 e. The van der Waals surface area contributed by atoms with Crippen LogP contribution in [0, 0.1) is 0 Å². The molecule has 10 nitrogen and oxygen atoms in total. The van der Waals surface area contributed by atoms with E-state index in [1.54, 1.807) is 17.0 Å². The maximum absolute atomic E-state index is 12.9. The van der Waals surface area contributed by atoms with Gasteiger partial charge in [-0.05, 0) is 42.8 Å². The van der Waals surface area contributed by atoms with E-state index in [9.17, 15) is 14.7 Å². The highest BCUT2D eigenvalue weighted by molar-refractivity contribution is 6.05. The highest BCUT2D eigenvalue weighted by Gasteiger charge is 2.22. The van der Waals surface area contributed by atoms with Gasteiger partial charge in [0.05, 0.1) is 35.7 Å². The van der Waals surface area contributed by atoms with Gasteiger partial charge in [0.2, 0.25) is 5.95 Å². The first-order valence-electron chi connectivity index (χ1n) is 10.6. The molecule has 0 aliphatic carbocycles. The number of anilines is 4. The Labute approximate surface area is 184 Å². The first-order chi connectivity index (χ1) is 15.6. The van der Waals surface area contributed by atoms with E-state index < -0.39 is 0 Å². The minimum Gasteiger partial charge on any atom is -0.396 e. The minimum atomic E-state index is -0.273. The Hall–Kier alpha value is -3.63. The Morgan fingerprint density at radius 2 is 2.06 bits per heavy atom. The van der Waals surface area contributed by atoms with Gasteiger partial charge in [-0.2, -0.15) is 0 Å². The number of hydrogen-bond donors (Lipinski definition) is 4. The Kier molecular flexibility index (Phi) is 5.38. The first kappa shape index (κ1) is 20.3. The molecule has 0 atom stereocenters. The van der Waals surface area contributed by atoms with Gasteiger partial charge >= 0.3 is 0 Å². The van der Waals surface area contributed by atoms with Crippen molar-refractivity contribution in [1.29, 1.82) is 0 Å². The van der Waals surface area contributed by atoms with Gasteiger partial charge in [-0.15, -0.1) is 0 Å². The number of aliphatic hydroxyl groups excluding tert-OH is 1. The van der Waals surface area contributed by atoms with E-state index in [2.05, 4.69) is 20.9 Å². The summed E-state index contributed by atoms with van der Waals surface area (Å²) in [6.45, 7) is 2.19. The van der Waals surface area contributed by atoms with Crippen molar-refractivity contribution in [3.05, 3.63) is 42.0 Å². The van der Waals surface area contributed by atoms with E-state index >= 15 is 0 Å². The fourth-order valence-corrected chi connectivity index (χ4v) is 4.02. The number of fused-ring (bicyclic) bond motifs is 2. The Morgan fingerprint density at radius 3 is 2.91 bits per heavy atom. The number of morpholine rings is 1. The lowest BCUT2D eigenvalue weighted by Crippen LogP contribution is -2.41. The number of hydrogen-bond acceptors (Lipinski definition) is 7. The van der Waals surface area contributed by atoms with E-state index in [1.807, 2.05) is 28.8 Å². The molecule has 2 aliphatic rings. The van der Waals surface area contributed by atoms with Crippen molar-refractivity contribution >= 4 is 45.9 Å². The van der Waals surface area contributed by atoms with Crippen LogP contribution < -0.4 is 20.9 Å². The van der Waals surface area contributed by atoms with Crippen molar-refractivity contribution in [3.8, 4) is 0 Å². The fourth-order valence-electron chi connectivity index (χ4n) is 4.02. The smallest absolute Gasteiger partial charge is 0.258 e. The molecule has 2 aliphatic heterocycles. The summed E-state index contributed by atoms with van der Waals surface area (Å²) in [4.78, 5) is 31.5. The topological polar surface area (TPSA) is 121 Å². The molecule has 10 heteroatoms. The fraction of sp³-hybridized carbons (Fsp3) is 0.318. The molecular formula is C22H24N6O4. The number of amides is 2. The van der Waals surface area contributed by atoms with Gasteiger partial charge in [-0.25, -0.2) is 4.98 Å². The standard InChI is InChI=1S/C22H24N6O4/c29-8-1-6-28-19-5-3-15(27-7-9-32-12-20(27)30)11-18(19)25-22(28)26-21(31)14-2-4-16-17(10-14)24-13-23-16/h2-5,10-11,23-24,29H,1,6-9,12-13H2,(H,25,26,31). The van der Waals surface area contributed by atoms with Gasteiger partial charge < -0.3 is 29.9 Å². The van der Waals surface area contributed by atoms with E-state index in [1.165, 1.54) is 0 Å². The summed E-state index contributed by atoms with van der Waals surface area (Å²) in [6, 6.07) is 11.0. The molecule has 0 unspecified atom stereocenters. The molecule has 2 aromatic carbocycles. The predicted octanol–water partition coefficient (Wildman–Crippen LogP) is 1.83. The molecule has 3 aromatic rings. The SMILES string of the molecule is O=C(Nc1nc2cc(N3CCOCC3=O)ccc2n1CCCO)c1ccc2c(c1)NCN2. The second kappa shape index (κ2) is 8.48. The summed E-state index contributed by atoms with van der Waals surface area (Å²) in [6.07, 6.45) is 0.520. The predicted molar refractivity (Wildman–Crippen MR) is 121 cm³/mol. The van der Waals surface area contributed by atoms with E-state index in [4.69, 9.17) is 4.74 Å². The Bertz CT molecular complexity index is 1190. The first-order valence-corrected chi connectivity index (χ1v) is 10.6. The molecular weight excluding hydrogens is 412 g/mol. The molecule has 32 heavy (non-hydrogen) atoms. The summed E-state index contributed by atoms with van der Waals surface area (Å²) < 4.78 is 7.09. The number of aromatic nitrogens is 2. The lowest BCUT2D eigenvalue weighted by Gasteiger charge is -2.26. The molecule has 1 fully saturated rings. The lowest BCUT2D eigenvalue weighted by molar-refractivity contribution is -0.125. The van der Waals surface area contributed by atoms with Crippen molar-refractivity contribution in [3.63, 3.8) is 0 Å². The summed E-state index contributed by atoms with van der Waals surface area (Å²) in [7, 11) is 0. The maximum atomic E-state index is 12.9. The number of nitrogens with one attached hydrogen (secondary N) is 3. The van der Waals surface area contributed by atoms with Crippen LogP contribution in [0.15, 0.2) is 36.4 Å². The van der Waals surface area contributed by atoms with Crippen LogP contribution in [0.4, 0.5) is 23.0 Å². The van der Waals surface area contributed by atoms with Gasteiger partial charge in [0, 0.05) is 30.9 Å². The molecule has 0 spiro atoms. The van der Waals surface area contributed by atoms with Crippen molar-refractivity contribution in [2.75, 3.05) is 53.9 Å². The molecule has 0 saturated carbocycles. The number of carbonyl (C=O) groups excluding carboxylic acids is 2. The quantitative estimate of drug-likeness (QED) is 0.465. The van der Waals surface area contributed by atoms with Crippen LogP contribution in [-0.4, -0.2) is 59.5 Å². The number of aliphatic hydroxyl groups is 1. The van der Waals surface area contributed by atoms with Crippen LogP contribution in [0.3, 0.4) is 0 Å². The summed E-state index contributed by atoms with van der Waals surface area (Å²) in [5.41, 5.74) is 4.58. The van der Waals surface area contributed by atoms with Crippen molar-refractivity contribution in [2.45, 2.75) is 13.0 Å². The zero-order valence-corrected chi connectivity index (χ0v) is 17.4. The van der Waals surface area contributed by atoms with Crippen LogP contribution in [0.2, 0.25) is 0 Å². The third-order valence-corrected chi connectivity index (χ3v) is 5.63. The van der Waals surface area contributed by atoms with Crippen LogP contribution in [0.25, 0.3) is 11.0 Å². The largest absolute Gasteiger partial charge is 0.396 e. The molecule has 0 bridgehead atoms. The van der Waals surface area contributed by atoms with Gasteiger partial charge in [0.15, 0.2) is 0 Å². The van der Waals surface area contributed by atoms with Gasteiger partial charge in [0.25, 0.3) is 11.8 Å². The monoisotopic (exact) mass is 436 g/mol. The zero-order chi connectivity index (χ0) is 22.1. The summed E-state index contributed by atoms with van der Waals surface area (Å²) in [5, 5.41) is 18.6. The molecule has 5 rings (SSSR count). The second-order valence-electron chi connectivity index (χ2n) is 7.68.